The molecular weight excluding hydrogens is 506 g/mol. The molecule has 1 aromatic heterocycles. The van der Waals surface area contributed by atoms with Crippen molar-refractivity contribution < 1.29 is 4.79 Å². The van der Waals surface area contributed by atoms with Crippen molar-refractivity contribution in [2.24, 2.45) is 0 Å². The van der Waals surface area contributed by atoms with Gasteiger partial charge >= 0.3 is 0 Å². The maximum atomic E-state index is 14.2. The largest absolute Gasteiger partial charge is 0.366 e. The molecule has 7 heteroatoms. The van der Waals surface area contributed by atoms with Crippen LogP contribution in [-0.4, -0.2) is 46.5 Å². The fourth-order valence-electron chi connectivity index (χ4n) is 5.80. The highest BCUT2D eigenvalue weighted by molar-refractivity contribution is 6.31. The number of carbonyl (C=O) groups excluding carboxylic acids is 1. The van der Waals surface area contributed by atoms with Gasteiger partial charge in [-0.3, -0.25) is 9.69 Å². The second kappa shape index (κ2) is 11.1. The summed E-state index contributed by atoms with van der Waals surface area (Å²) in [4.78, 5) is 23.6. The molecule has 1 amide bonds. The molecule has 2 aliphatic heterocycles. The molecule has 4 aromatic rings. The zero-order valence-corrected chi connectivity index (χ0v) is 22.5. The highest BCUT2D eigenvalue weighted by Crippen LogP contribution is 2.32. The molecule has 3 heterocycles. The predicted molar refractivity (Wildman–Crippen MR) is 156 cm³/mol. The molecule has 0 saturated carbocycles. The lowest BCUT2D eigenvalue weighted by atomic mass is 9.99. The molecule has 6 nitrogen and oxygen atoms in total. The van der Waals surface area contributed by atoms with Crippen LogP contribution in [0.1, 0.15) is 47.2 Å². The number of anilines is 1. The summed E-state index contributed by atoms with van der Waals surface area (Å²) in [5, 5.41) is 14.1. The number of rotatable bonds is 6. The quantitative estimate of drug-likeness (QED) is 0.297. The van der Waals surface area contributed by atoms with E-state index in [2.05, 4.69) is 27.3 Å². The number of nitriles is 1. The van der Waals surface area contributed by atoms with Crippen LogP contribution >= 0.6 is 11.6 Å². The first-order valence-corrected chi connectivity index (χ1v) is 14.0. The zero-order valence-electron chi connectivity index (χ0n) is 21.7. The van der Waals surface area contributed by atoms with E-state index in [1.807, 2.05) is 66.7 Å². The van der Waals surface area contributed by atoms with Crippen molar-refractivity contribution in [3.8, 4) is 17.2 Å². The van der Waals surface area contributed by atoms with Crippen molar-refractivity contribution in [1.29, 1.82) is 5.26 Å². The molecule has 2 aliphatic rings. The van der Waals surface area contributed by atoms with Crippen LogP contribution in [0.2, 0.25) is 5.02 Å². The third kappa shape index (κ3) is 5.21. The molecule has 196 valence electrons. The Bertz CT molecular complexity index is 1560. The van der Waals surface area contributed by atoms with Gasteiger partial charge in [0.25, 0.3) is 5.91 Å². The molecule has 0 spiro atoms. The van der Waals surface area contributed by atoms with Crippen molar-refractivity contribution in [3.05, 3.63) is 94.5 Å². The van der Waals surface area contributed by atoms with Crippen LogP contribution in [0.4, 0.5) is 5.82 Å². The molecular formula is C32H30ClN5O. The van der Waals surface area contributed by atoms with E-state index < -0.39 is 0 Å². The van der Waals surface area contributed by atoms with Crippen molar-refractivity contribution in [2.75, 3.05) is 25.0 Å². The van der Waals surface area contributed by atoms with E-state index in [4.69, 9.17) is 16.6 Å². The lowest BCUT2D eigenvalue weighted by molar-refractivity contribution is 0.0533. The third-order valence-electron chi connectivity index (χ3n) is 7.85. The summed E-state index contributed by atoms with van der Waals surface area (Å²) in [6, 6.07) is 25.4. The van der Waals surface area contributed by atoms with Gasteiger partial charge in [0.05, 0.1) is 28.9 Å². The van der Waals surface area contributed by atoms with E-state index in [1.165, 1.54) is 12.8 Å². The Kier molecular flexibility index (Phi) is 7.19. The number of hydrogen-bond donors (Lipinski definition) is 1. The Balaban J connectivity index is 1.39. The highest BCUT2D eigenvalue weighted by Gasteiger charge is 2.35. The number of halogens is 1. The lowest BCUT2D eigenvalue weighted by Gasteiger charge is -2.32. The Morgan fingerprint density at radius 3 is 2.51 bits per heavy atom. The number of pyridine rings is 1. The third-order valence-corrected chi connectivity index (χ3v) is 8.22. The molecule has 1 atom stereocenters. The standard InChI is InChI=1S/C32H30ClN5O/c33-28-7-2-1-6-25(28)21-35-30-19-27(32(39)38-17-5-8-31(38)37-15-3-4-16-37)26-18-24(13-14-29(26)36-30)23-11-9-22(20-34)10-12-23/h1-2,6-7,9-14,18-19,31H,3-5,8,15-17,21H2,(H,35,36). The number of benzene rings is 3. The van der Waals surface area contributed by atoms with Crippen LogP contribution in [0.3, 0.4) is 0 Å². The van der Waals surface area contributed by atoms with E-state index in [0.717, 1.165) is 60.1 Å². The lowest BCUT2D eigenvalue weighted by Crippen LogP contribution is -2.46. The van der Waals surface area contributed by atoms with Gasteiger partial charge in [-0.1, -0.05) is 48.0 Å². The summed E-state index contributed by atoms with van der Waals surface area (Å²) in [5.41, 5.74) is 4.98. The van der Waals surface area contributed by atoms with Gasteiger partial charge in [-0.05, 0) is 78.8 Å². The zero-order chi connectivity index (χ0) is 26.8. The molecule has 0 aliphatic carbocycles. The number of likely N-dealkylation sites (tertiary alicyclic amines) is 2. The SMILES string of the molecule is N#Cc1ccc(-c2ccc3nc(NCc4ccccc4Cl)cc(C(=O)N4CCCC4N4CCCC4)c3c2)cc1. The number of aromatic nitrogens is 1. The minimum absolute atomic E-state index is 0.0505. The molecule has 2 fully saturated rings. The summed E-state index contributed by atoms with van der Waals surface area (Å²) >= 11 is 6.38. The maximum Gasteiger partial charge on any atom is 0.255 e. The molecule has 0 radical (unpaired) electrons. The second-order valence-electron chi connectivity index (χ2n) is 10.3. The Labute approximate surface area is 233 Å². The van der Waals surface area contributed by atoms with Crippen molar-refractivity contribution in [2.45, 2.75) is 38.4 Å². The Hall–Kier alpha value is -3.92. The van der Waals surface area contributed by atoms with Gasteiger partial charge in [-0.2, -0.15) is 5.26 Å². The smallest absolute Gasteiger partial charge is 0.255 e. The normalized spacial score (nSPS) is 17.4. The molecule has 39 heavy (non-hydrogen) atoms. The summed E-state index contributed by atoms with van der Waals surface area (Å²) in [6.07, 6.45) is 4.58. The minimum Gasteiger partial charge on any atom is -0.366 e. The fraction of sp³-hybridized carbons (Fsp3) is 0.281. The first-order valence-electron chi connectivity index (χ1n) is 13.6. The number of fused-ring (bicyclic) bond motifs is 1. The van der Waals surface area contributed by atoms with Crippen molar-refractivity contribution in [3.63, 3.8) is 0 Å². The molecule has 1 N–H and O–H groups in total. The summed E-state index contributed by atoms with van der Waals surface area (Å²) in [5.74, 6) is 0.698. The summed E-state index contributed by atoms with van der Waals surface area (Å²) in [6.45, 7) is 3.38. The van der Waals surface area contributed by atoms with Gasteiger partial charge < -0.3 is 10.2 Å². The van der Waals surface area contributed by atoms with Gasteiger partial charge in [0.1, 0.15) is 5.82 Å². The van der Waals surface area contributed by atoms with E-state index in [1.54, 1.807) is 0 Å². The number of nitrogens with one attached hydrogen (secondary N) is 1. The molecule has 2 saturated heterocycles. The second-order valence-corrected chi connectivity index (χ2v) is 10.7. The molecule has 3 aromatic carbocycles. The molecule has 1 unspecified atom stereocenters. The average molecular weight is 536 g/mol. The number of amides is 1. The van der Waals surface area contributed by atoms with Crippen LogP contribution in [0, 0.1) is 11.3 Å². The van der Waals surface area contributed by atoms with Gasteiger partial charge in [0, 0.05) is 36.6 Å². The number of carbonyl (C=O) groups is 1. The summed E-state index contributed by atoms with van der Waals surface area (Å²) < 4.78 is 0. The first-order chi connectivity index (χ1) is 19.1. The molecule has 0 bridgehead atoms. The van der Waals surface area contributed by atoms with Crippen LogP contribution in [0.15, 0.2) is 72.8 Å². The fourth-order valence-corrected chi connectivity index (χ4v) is 6.00. The van der Waals surface area contributed by atoms with Crippen LogP contribution < -0.4 is 5.32 Å². The number of hydrogen-bond acceptors (Lipinski definition) is 5. The van der Waals surface area contributed by atoms with E-state index in [9.17, 15) is 10.1 Å². The van der Waals surface area contributed by atoms with Gasteiger partial charge in [0.15, 0.2) is 0 Å². The maximum absolute atomic E-state index is 14.2. The number of nitrogens with zero attached hydrogens (tertiary/aromatic N) is 4. The van der Waals surface area contributed by atoms with Crippen LogP contribution in [0.25, 0.3) is 22.0 Å². The van der Waals surface area contributed by atoms with Gasteiger partial charge in [-0.25, -0.2) is 4.98 Å². The minimum atomic E-state index is 0.0505. The van der Waals surface area contributed by atoms with Crippen LogP contribution in [-0.2, 0) is 6.54 Å². The molecule has 6 rings (SSSR count). The average Bonchev–Trinajstić information content (AvgIpc) is 3.68. The first kappa shape index (κ1) is 25.4. The Morgan fingerprint density at radius 1 is 0.974 bits per heavy atom. The highest BCUT2D eigenvalue weighted by atomic mass is 35.5. The monoisotopic (exact) mass is 535 g/mol. The van der Waals surface area contributed by atoms with Crippen molar-refractivity contribution >= 4 is 34.2 Å². The summed E-state index contributed by atoms with van der Waals surface area (Å²) in [7, 11) is 0. The van der Waals surface area contributed by atoms with Gasteiger partial charge in [0.2, 0.25) is 0 Å². The van der Waals surface area contributed by atoms with Crippen molar-refractivity contribution in [1.82, 2.24) is 14.8 Å². The Morgan fingerprint density at radius 2 is 1.74 bits per heavy atom. The topological polar surface area (TPSA) is 72.3 Å². The van der Waals surface area contributed by atoms with Crippen LogP contribution in [0.5, 0.6) is 0 Å². The van der Waals surface area contributed by atoms with Gasteiger partial charge in [-0.15, -0.1) is 0 Å². The van der Waals surface area contributed by atoms with E-state index in [-0.39, 0.29) is 12.1 Å². The van der Waals surface area contributed by atoms with E-state index in [0.29, 0.717) is 28.5 Å². The predicted octanol–water partition coefficient (Wildman–Crippen LogP) is 6.70. The van der Waals surface area contributed by atoms with E-state index >= 15 is 0 Å².